The van der Waals surface area contributed by atoms with Crippen LogP contribution in [0.5, 0.6) is 0 Å². The minimum Gasteiger partial charge on any atom is -0.433 e. The number of carbonyl (C=O) groups excluding carboxylic acids is 1. The van der Waals surface area contributed by atoms with Crippen LogP contribution in [-0.2, 0) is 12.7 Å². The molecule has 176 valence electrons. The fourth-order valence-corrected chi connectivity index (χ4v) is 4.19. The lowest BCUT2D eigenvalue weighted by Gasteiger charge is -2.14. The highest BCUT2D eigenvalue weighted by molar-refractivity contribution is 6.30. The predicted molar refractivity (Wildman–Crippen MR) is 125 cm³/mol. The van der Waals surface area contributed by atoms with Gasteiger partial charge in [0, 0.05) is 40.4 Å². The van der Waals surface area contributed by atoms with Crippen molar-refractivity contribution in [2.45, 2.75) is 19.6 Å². The normalized spacial score (nSPS) is 11.8. The zero-order chi connectivity index (χ0) is 24.7. The van der Waals surface area contributed by atoms with Crippen LogP contribution in [0.1, 0.15) is 33.1 Å². The summed E-state index contributed by atoms with van der Waals surface area (Å²) >= 11 is 5.94. The summed E-state index contributed by atoms with van der Waals surface area (Å²) in [7, 11) is 0. The third-order valence-corrected chi connectivity index (χ3v) is 5.89. The van der Waals surface area contributed by atoms with E-state index >= 15 is 0 Å². The van der Waals surface area contributed by atoms with Crippen LogP contribution in [0.3, 0.4) is 0 Å². The summed E-state index contributed by atoms with van der Waals surface area (Å²) < 4.78 is 50.2. The lowest BCUT2D eigenvalue weighted by Crippen LogP contribution is -2.18. The Kier molecular flexibility index (Phi) is 5.68. The summed E-state index contributed by atoms with van der Waals surface area (Å²) in [6.45, 7) is 1.65. The SMILES string of the molecule is Cc1ccc2c(c1)c(C(=O)c1ncc(-c3ccncc3)o1)c(C(F)(F)F)n2Cc1ccc(Cl)cc1. The van der Waals surface area contributed by atoms with Crippen molar-refractivity contribution in [1.29, 1.82) is 0 Å². The van der Waals surface area contributed by atoms with Crippen molar-refractivity contribution < 1.29 is 22.4 Å². The maximum Gasteiger partial charge on any atom is 0.432 e. The number of benzene rings is 2. The van der Waals surface area contributed by atoms with Crippen LogP contribution in [-0.4, -0.2) is 20.3 Å². The molecule has 0 bridgehead atoms. The molecule has 2 aromatic carbocycles. The van der Waals surface area contributed by atoms with E-state index < -0.39 is 29.1 Å². The molecule has 0 N–H and O–H groups in total. The van der Waals surface area contributed by atoms with Crippen molar-refractivity contribution in [2.24, 2.45) is 0 Å². The Hall–Kier alpha value is -3.91. The monoisotopic (exact) mass is 495 g/mol. The first-order valence-corrected chi connectivity index (χ1v) is 11.0. The average molecular weight is 496 g/mol. The topological polar surface area (TPSA) is 60.9 Å². The number of carbonyl (C=O) groups is 1. The number of hydrogen-bond acceptors (Lipinski definition) is 4. The molecule has 0 unspecified atom stereocenters. The molecular weight excluding hydrogens is 479 g/mol. The van der Waals surface area contributed by atoms with Crippen LogP contribution in [0.15, 0.2) is 77.6 Å². The lowest BCUT2D eigenvalue weighted by molar-refractivity contribution is -0.143. The van der Waals surface area contributed by atoms with E-state index in [0.29, 0.717) is 21.7 Å². The van der Waals surface area contributed by atoms with Gasteiger partial charge >= 0.3 is 6.18 Å². The Morgan fingerprint density at radius 1 is 1.06 bits per heavy atom. The van der Waals surface area contributed by atoms with Gasteiger partial charge in [-0.25, -0.2) is 4.98 Å². The average Bonchev–Trinajstić information content (AvgIpc) is 3.44. The second-order valence-electron chi connectivity index (χ2n) is 8.05. The van der Waals surface area contributed by atoms with E-state index in [9.17, 15) is 18.0 Å². The summed E-state index contributed by atoms with van der Waals surface area (Å²) in [5.74, 6) is -1.11. The molecule has 5 nitrogen and oxygen atoms in total. The number of rotatable bonds is 5. The molecule has 35 heavy (non-hydrogen) atoms. The van der Waals surface area contributed by atoms with Crippen LogP contribution in [0.25, 0.3) is 22.2 Å². The number of aryl methyl sites for hydroxylation is 1. The van der Waals surface area contributed by atoms with Gasteiger partial charge in [-0.1, -0.05) is 35.4 Å². The number of fused-ring (bicyclic) bond motifs is 1. The quantitative estimate of drug-likeness (QED) is 0.247. The third kappa shape index (κ3) is 4.33. The number of aromatic nitrogens is 3. The number of ketones is 1. The molecule has 0 fully saturated rings. The Bertz CT molecular complexity index is 1540. The summed E-state index contributed by atoms with van der Waals surface area (Å²) in [6, 6.07) is 14.7. The molecule has 0 aliphatic carbocycles. The van der Waals surface area contributed by atoms with Gasteiger partial charge in [-0.05, 0) is 48.9 Å². The number of pyridine rings is 1. The number of hydrogen-bond donors (Lipinski definition) is 0. The molecule has 0 spiro atoms. The molecule has 0 amide bonds. The second kappa shape index (κ2) is 8.70. The van der Waals surface area contributed by atoms with E-state index in [4.69, 9.17) is 16.0 Å². The van der Waals surface area contributed by atoms with E-state index in [1.54, 1.807) is 61.5 Å². The fourth-order valence-electron chi connectivity index (χ4n) is 4.07. The first-order chi connectivity index (χ1) is 16.7. The zero-order valence-corrected chi connectivity index (χ0v) is 19.1. The summed E-state index contributed by atoms with van der Waals surface area (Å²) in [5, 5.41) is 0.655. The van der Waals surface area contributed by atoms with Gasteiger partial charge in [-0.3, -0.25) is 9.78 Å². The van der Waals surface area contributed by atoms with Crippen molar-refractivity contribution in [3.63, 3.8) is 0 Å². The van der Waals surface area contributed by atoms with Crippen LogP contribution in [0, 0.1) is 6.92 Å². The largest absolute Gasteiger partial charge is 0.433 e. The Labute approximate surface area is 202 Å². The van der Waals surface area contributed by atoms with Crippen molar-refractivity contribution in [3.8, 4) is 11.3 Å². The van der Waals surface area contributed by atoms with E-state index in [-0.39, 0.29) is 23.2 Å². The van der Waals surface area contributed by atoms with Crippen molar-refractivity contribution in [2.75, 3.05) is 0 Å². The molecule has 3 aromatic heterocycles. The van der Waals surface area contributed by atoms with Gasteiger partial charge < -0.3 is 8.98 Å². The Balaban J connectivity index is 1.70. The zero-order valence-electron chi connectivity index (χ0n) is 18.3. The Morgan fingerprint density at radius 2 is 1.77 bits per heavy atom. The van der Waals surface area contributed by atoms with Crippen molar-refractivity contribution in [3.05, 3.63) is 106 Å². The van der Waals surface area contributed by atoms with Crippen LogP contribution >= 0.6 is 11.6 Å². The van der Waals surface area contributed by atoms with Gasteiger partial charge in [0.2, 0.25) is 0 Å². The standard InChI is InChI=1S/C26H17ClF3N3O2/c1-15-2-7-20-19(12-15)22(23(34)25-32-13-21(35-25)17-8-10-31-11-9-17)24(26(28,29)30)33(20)14-16-3-5-18(27)6-4-16/h2-13H,14H2,1H3. The smallest absolute Gasteiger partial charge is 0.432 e. The summed E-state index contributed by atoms with van der Waals surface area (Å²) in [5.41, 5.74) is 0.655. The predicted octanol–water partition coefficient (Wildman–Crippen LogP) is 6.95. The minimum absolute atomic E-state index is 0.104. The molecule has 3 heterocycles. The van der Waals surface area contributed by atoms with Crippen molar-refractivity contribution in [1.82, 2.24) is 14.5 Å². The second-order valence-corrected chi connectivity index (χ2v) is 8.49. The molecule has 0 aliphatic heterocycles. The highest BCUT2D eigenvalue weighted by atomic mass is 35.5. The molecule has 0 aliphatic rings. The Morgan fingerprint density at radius 3 is 2.46 bits per heavy atom. The summed E-state index contributed by atoms with van der Waals surface area (Å²) in [4.78, 5) is 21.4. The van der Waals surface area contributed by atoms with Crippen LogP contribution in [0.2, 0.25) is 5.02 Å². The highest BCUT2D eigenvalue weighted by Gasteiger charge is 2.42. The fraction of sp³-hybridized carbons (Fsp3) is 0.115. The molecule has 9 heteroatoms. The van der Waals surface area contributed by atoms with Gasteiger partial charge in [0.1, 0.15) is 5.69 Å². The van der Waals surface area contributed by atoms with Crippen molar-refractivity contribution >= 4 is 28.3 Å². The molecular formula is C26H17ClF3N3O2. The molecule has 0 saturated heterocycles. The maximum absolute atomic E-state index is 14.5. The lowest BCUT2D eigenvalue weighted by atomic mass is 10.0. The van der Waals surface area contributed by atoms with E-state index in [1.165, 1.54) is 18.6 Å². The number of alkyl halides is 3. The summed E-state index contributed by atoms with van der Waals surface area (Å²) in [6.07, 6.45) is -0.429. The van der Waals surface area contributed by atoms with Gasteiger partial charge in [0.05, 0.1) is 11.8 Å². The third-order valence-electron chi connectivity index (χ3n) is 5.63. The van der Waals surface area contributed by atoms with E-state index in [1.807, 2.05) is 0 Å². The van der Waals surface area contributed by atoms with E-state index in [2.05, 4.69) is 9.97 Å². The van der Waals surface area contributed by atoms with Gasteiger partial charge in [0.25, 0.3) is 11.7 Å². The maximum atomic E-state index is 14.5. The van der Waals surface area contributed by atoms with Crippen LogP contribution in [0.4, 0.5) is 13.2 Å². The first-order valence-electron chi connectivity index (χ1n) is 10.6. The van der Waals surface area contributed by atoms with Gasteiger partial charge in [-0.2, -0.15) is 13.2 Å². The minimum atomic E-state index is -4.81. The van der Waals surface area contributed by atoms with Crippen LogP contribution < -0.4 is 0 Å². The molecule has 5 rings (SSSR count). The molecule has 0 radical (unpaired) electrons. The van der Waals surface area contributed by atoms with Gasteiger partial charge in [0.15, 0.2) is 5.76 Å². The highest BCUT2D eigenvalue weighted by Crippen LogP contribution is 2.40. The first kappa shape index (κ1) is 22.9. The van der Waals surface area contributed by atoms with Gasteiger partial charge in [-0.15, -0.1) is 0 Å². The molecule has 5 aromatic rings. The number of oxazole rings is 1. The molecule has 0 atom stereocenters. The van der Waals surface area contributed by atoms with E-state index in [0.717, 1.165) is 4.57 Å². The molecule has 0 saturated carbocycles. The number of halogens is 4. The number of nitrogens with zero attached hydrogens (tertiary/aromatic N) is 3.